The number of rotatable bonds is 2. The second kappa shape index (κ2) is 4.96. The Bertz CT molecular complexity index is 833. The molecule has 6 heteroatoms. The summed E-state index contributed by atoms with van der Waals surface area (Å²) in [6.45, 7) is 0. The lowest BCUT2D eigenvalue weighted by Gasteiger charge is -2.09. The van der Waals surface area contributed by atoms with E-state index in [2.05, 4.69) is 0 Å². The van der Waals surface area contributed by atoms with Crippen LogP contribution in [0.15, 0.2) is 41.6 Å². The SMILES string of the molecule is N#CC(C#N)=C(N)[C@]1(C#N)[C@H](c2ccccc2)C1(C#N)C#N. The normalized spacial score (nSPS) is 23.5. The molecule has 0 saturated heterocycles. The van der Waals surface area contributed by atoms with Crippen LogP contribution in [0.25, 0.3) is 0 Å². The molecule has 0 amide bonds. The molecule has 0 aromatic heterocycles. The van der Waals surface area contributed by atoms with E-state index in [1.165, 1.54) is 0 Å². The van der Waals surface area contributed by atoms with Crippen molar-refractivity contribution >= 4 is 0 Å². The minimum atomic E-state index is -1.72. The molecule has 2 N–H and O–H groups in total. The largest absolute Gasteiger partial charge is 0.399 e. The highest BCUT2D eigenvalue weighted by Gasteiger charge is 2.82. The number of hydrogen-bond donors (Lipinski definition) is 1. The topological polar surface area (TPSA) is 145 Å². The van der Waals surface area contributed by atoms with E-state index in [-0.39, 0.29) is 5.70 Å². The van der Waals surface area contributed by atoms with Crippen LogP contribution in [0.2, 0.25) is 0 Å². The summed E-state index contributed by atoms with van der Waals surface area (Å²) in [7, 11) is 0. The van der Waals surface area contributed by atoms with Crippen molar-refractivity contribution in [2.75, 3.05) is 0 Å². The van der Waals surface area contributed by atoms with E-state index >= 15 is 0 Å². The van der Waals surface area contributed by atoms with Gasteiger partial charge in [0, 0.05) is 5.92 Å². The van der Waals surface area contributed by atoms with Gasteiger partial charge in [-0.1, -0.05) is 30.3 Å². The Morgan fingerprint density at radius 1 is 0.909 bits per heavy atom. The van der Waals surface area contributed by atoms with E-state index in [1.807, 2.05) is 18.2 Å². The van der Waals surface area contributed by atoms with Crippen LogP contribution in [-0.2, 0) is 0 Å². The monoisotopic (exact) mass is 284 g/mol. The van der Waals surface area contributed by atoms with Crippen LogP contribution in [-0.4, -0.2) is 0 Å². The van der Waals surface area contributed by atoms with Gasteiger partial charge in [0.1, 0.15) is 23.1 Å². The molecule has 2 atom stereocenters. The molecule has 1 fully saturated rings. The van der Waals surface area contributed by atoms with Gasteiger partial charge >= 0.3 is 0 Å². The minimum absolute atomic E-state index is 0.322. The number of nitrogens with two attached hydrogens (primary N) is 1. The second-order valence-electron chi connectivity index (χ2n) is 4.81. The van der Waals surface area contributed by atoms with Gasteiger partial charge in [-0.3, -0.25) is 0 Å². The van der Waals surface area contributed by atoms with Crippen LogP contribution in [0.3, 0.4) is 0 Å². The van der Waals surface area contributed by atoms with Crippen LogP contribution in [0, 0.1) is 67.5 Å². The van der Waals surface area contributed by atoms with E-state index in [1.54, 1.807) is 42.5 Å². The molecule has 102 valence electrons. The van der Waals surface area contributed by atoms with Gasteiger partial charge in [0.05, 0.1) is 23.9 Å². The van der Waals surface area contributed by atoms with Gasteiger partial charge in [0.2, 0.25) is 0 Å². The minimum Gasteiger partial charge on any atom is -0.399 e. The summed E-state index contributed by atoms with van der Waals surface area (Å²) < 4.78 is 0. The molecule has 0 heterocycles. The molecule has 1 aromatic carbocycles. The number of nitrogens with zero attached hydrogens (tertiary/aromatic N) is 5. The van der Waals surface area contributed by atoms with Crippen molar-refractivity contribution in [3.63, 3.8) is 0 Å². The van der Waals surface area contributed by atoms with Crippen molar-refractivity contribution in [2.24, 2.45) is 16.6 Å². The van der Waals surface area contributed by atoms with E-state index in [0.29, 0.717) is 5.56 Å². The van der Waals surface area contributed by atoms with Gasteiger partial charge in [-0.2, -0.15) is 26.3 Å². The average molecular weight is 284 g/mol. The number of benzene rings is 1. The van der Waals surface area contributed by atoms with E-state index in [4.69, 9.17) is 16.3 Å². The first kappa shape index (κ1) is 14.6. The molecule has 0 unspecified atom stereocenters. The highest BCUT2D eigenvalue weighted by Crippen LogP contribution is 2.76. The summed E-state index contributed by atoms with van der Waals surface area (Å²) in [4.78, 5) is 0. The predicted octanol–water partition coefficient (Wildman–Crippen LogP) is 1.59. The first-order valence-electron chi connectivity index (χ1n) is 6.18. The molecule has 1 aliphatic rings. The Morgan fingerprint density at radius 3 is 1.86 bits per heavy atom. The van der Waals surface area contributed by atoms with E-state index < -0.39 is 22.3 Å². The quantitative estimate of drug-likeness (QED) is 0.816. The van der Waals surface area contributed by atoms with Crippen LogP contribution in [0.1, 0.15) is 11.5 Å². The maximum absolute atomic E-state index is 9.61. The van der Waals surface area contributed by atoms with Gasteiger partial charge in [0.25, 0.3) is 0 Å². The molecule has 22 heavy (non-hydrogen) atoms. The zero-order valence-corrected chi connectivity index (χ0v) is 11.3. The van der Waals surface area contributed by atoms with Gasteiger partial charge in [0.15, 0.2) is 5.41 Å². The molecule has 6 nitrogen and oxygen atoms in total. The van der Waals surface area contributed by atoms with Crippen molar-refractivity contribution in [3.05, 3.63) is 47.2 Å². The van der Waals surface area contributed by atoms with Crippen molar-refractivity contribution in [1.29, 1.82) is 26.3 Å². The van der Waals surface area contributed by atoms with Gasteiger partial charge in [-0.15, -0.1) is 0 Å². The van der Waals surface area contributed by atoms with Crippen LogP contribution in [0.4, 0.5) is 0 Å². The summed E-state index contributed by atoms with van der Waals surface area (Å²) >= 11 is 0. The third-order valence-corrected chi connectivity index (χ3v) is 3.98. The van der Waals surface area contributed by atoms with Gasteiger partial charge in [-0.25, -0.2) is 0 Å². The van der Waals surface area contributed by atoms with Gasteiger partial charge < -0.3 is 5.73 Å². The molecular formula is C16H8N6. The molecule has 0 radical (unpaired) electrons. The standard InChI is InChI=1S/C16H8N6/c17-6-12(7-18)14(22)16(10-21)13(15(16,8-19)9-20)11-4-2-1-3-5-11/h1-5,13H,22H2/t13-,16+/m1/s1. The molecule has 2 rings (SSSR count). The highest BCUT2D eigenvalue weighted by atomic mass is 14.8. The fraction of sp³-hybridized carbons (Fsp3) is 0.188. The maximum Gasteiger partial charge on any atom is 0.177 e. The smallest absolute Gasteiger partial charge is 0.177 e. The van der Waals surface area contributed by atoms with Crippen molar-refractivity contribution < 1.29 is 0 Å². The maximum atomic E-state index is 9.61. The summed E-state index contributed by atoms with van der Waals surface area (Å²) in [5, 5.41) is 46.5. The first-order chi connectivity index (χ1) is 10.6. The molecule has 1 aliphatic carbocycles. The second-order valence-corrected chi connectivity index (χ2v) is 4.81. The summed E-state index contributed by atoms with van der Waals surface area (Å²) in [6, 6.07) is 17.4. The van der Waals surface area contributed by atoms with Crippen molar-refractivity contribution in [1.82, 2.24) is 0 Å². The van der Waals surface area contributed by atoms with E-state index in [0.717, 1.165) is 0 Å². The predicted molar refractivity (Wildman–Crippen MR) is 73.3 cm³/mol. The molecule has 0 aliphatic heterocycles. The molecule has 1 saturated carbocycles. The van der Waals surface area contributed by atoms with Crippen molar-refractivity contribution in [2.45, 2.75) is 5.92 Å². The Kier molecular flexibility index (Phi) is 3.29. The summed E-state index contributed by atoms with van der Waals surface area (Å²) in [5.74, 6) is -0.808. The Labute approximate surface area is 127 Å². The van der Waals surface area contributed by atoms with Crippen LogP contribution < -0.4 is 5.73 Å². The molecular weight excluding hydrogens is 276 g/mol. The van der Waals surface area contributed by atoms with E-state index in [9.17, 15) is 15.8 Å². The highest BCUT2D eigenvalue weighted by molar-refractivity contribution is 5.63. The lowest BCUT2D eigenvalue weighted by molar-refractivity contribution is 0.660. The lowest BCUT2D eigenvalue weighted by atomic mass is 9.90. The summed E-state index contributed by atoms with van der Waals surface area (Å²) in [5.41, 5.74) is 2.26. The zero-order chi connectivity index (χ0) is 16.4. The average Bonchev–Trinajstić information content (AvgIpc) is 3.20. The first-order valence-corrected chi connectivity index (χ1v) is 6.18. The Balaban J connectivity index is 2.78. The lowest BCUT2D eigenvalue weighted by Crippen LogP contribution is -2.20. The third-order valence-electron chi connectivity index (χ3n) is 3.98. The third kappa shape index (κ3) is 1.49. The number of hydrogen-bond acceptors (Lipinski definition) is 6. The fourth-order valence-corrected chi connectivity index (χ4v) is 2.87. The molecule has 0 bridgehead atoms. The molecule has 1 aromatic rings. The summed E-state index contributed by atoms with van der Waals surface area (Å²) in [6.07, 6.45) is 0. The molecule has 0 spiro atoms. The number of allylic oxidation sites excluding steroid dienone is 2. The zero-order valence-electron chi connectivity index (χ0n) is 11.3. The Morgan fingerprint density at radius 2 is 1.45 bits per heavy atom. The number of nitriles is 5. The fourth-order valence-electron chi connectivity index (χ4n) is 2.87. The van der Waals surface area contributed by atoms with Gasteiger partial charge in [-0.05, 0) is 5.56 Å². The van der Waals surface area contributed by atoms with Crippen LogP contribution in [0.5, 0.6) is 0 Å². The van der Waals surface area contributed by atoms with Crippen LogP contribution >= 0.6 is 0 Å². The van der Waals surface area contributed by atoms with Crippen molar-refractivity contribution in [3.8, 4) is 30.3 Å². The Hall–Kier alpha value is -3.79.